The van der Waals surface area contributed by atoms with Gasteiger partial charge in [-0.05, 0) is 67.2 Å². The molecule has 0 saturated heterocycles. The van der Waals surface area contributed by atoms with Crippen LogP contribution in [-0.4, -0.2) is 13.2 Å². The lowest BCUT2D eigenvalue weighted by atomic mass is 10.0. The smallest absolute Gasteiger partial charge is 0.162 e. The van der Waals surface area contributed by atoms with E-state index in [0.29, 0.717) is 16.3 Å². The predicted molar refractivity (Wildman–Crippen MR) is 101 cm³/mol. The first kappa shape index (κ1) is 17.4. The maximum atomic E-state index is 9.51. The summed E-state index contributed by atoms with van der Waals surface area (Å²) in [5.74, 6) is 1.44. The Balaban J connectivity index is 1.91. The van der Waals surface area contributed by atoms with E-state index in [4.69, 9.17) is 21.1 Å². The Labute approximate surface area is 153 Å². The number of nitrogens with zero attached hydrogens (tertiary/aromatic N) is 1. The molecule has 1 aliphatic carbocycles. The van der Waals surface area contributed by atoms with Gasteiger partial charge in [-0.3, -0.25) is 0 Å². The molecule has 128 valence electrons. The highest BCUT2D eigenvalue weighted by Crippen LogP contribution is 2.33. The molecule has 4 heteroatoms. The third-order valence-corrected chi connectivity index (χ3v) is 4.59. The molecule has 0 aromatic heterocycles. The van der Waals surface area contributed by atoms with Crippen LogP contribution in [0.25, 0.3) is 11.6 Å². The van der Waals surface area contributed by atoms with Crippen molar-refractivity contribution < 1.29 is 9.47 Å². The average molecular weight is 354 g/mol. The first-order valence-corrected chi connectivity index (χ1v) is 8.80. The second kappa shape index (κ2) is 8.09. The van der Waals surface area contributed by atoms with Crippen LogP contribution in [0, 0.1) is 11.3 Å². The van der Waals surface area contributed by atoms with Crippen LogP contribution in [0.5, 0.6) is 11.5 Å². The molecule has 1 aliphatic rings. The number of methoxy groups -OCH3 is 1. The molecule has 0 atom stereocenters. The van der Waals surface area contributed by atoms with E-state index in [1.165, 1.54) is 12.8 Å². The molecule has 1 fully saturated rings. The number of hydrogen-bond acceptors (Lipinski definition) is 3. The molecule has 1 saturated carbocycles. The summed E-state index contributed by atoms with van der Waals surface area (Å²) in [5.41, 5.74) is 2.24. The molecule has 2 aromatic carbocycles. The molecule has 0 aliphatic heterocycles. The molecule has 25 heavy (non-hydrogen) atoms. The summed E-state index contributed by atoms with van der Waals surface area (Å²) < 4.78 is 11.5. The molecule has 0 N–H and O–H groups in total. The second-order valence-electron chi connectivity index (χ2n) is 6.11. The number of rotatable bonds is 5. The zero-order chi connectivity index (χ0) is 17.6. The molecule has 0 spiro atoms. The monoisotopic (exact) mass is 353 g/mol. The zero-order valence-corrected chi connectivity index (χ0v) is 14.9. The second-order valence-corrected chi connectivity index (χ2v) is 6.55. The summed E-state index contributed by atoms with van der Waals surface area (Å²) in [6.45, 7) is 0. The van der Waals surface area contributed by atoms with E-state index in [1.54, 1.807) is 19.2 Å². The molecule has 3 rings (SSSR count). The van der Waals surface area contributed by atoms with Gasteiger partial charge in [0.15, 0.2) is 11.5 Å². The Morgan fingerprint density at radius 1 is 1.16 bits per heavy atom. The molecule has 0 bridgehead atoms. The van der Waals surface area contributed by atoms with Crippen LogP contribution >= 0.6 is 11.6 Å². The highest BCUT2D eigenvalue weighted by atomic mass is 35.5. The summed E-state index contributed by atoms with van der Waals surface area (Å²) in [5, 5.41) is 10.1. The van der Waals surface area contributed by atoms with Crippen molar-refractivity contribution in [3.05, 3.63) is 58.6 Å². The minimum atomic E-state index is 0.247. The topological polar surface area (TPSA) is 42.2 Å². The third kappa shape index (κ3) is 4.35. The van der Waals surface area contributed by atoms with Gasteiger partial charge in [-0.25, -0.2) is 0 Å². The summed E-state index contributed by atoms with van der Waals surface area (Å²) in [6.07, 6.45) is 6.66. The van der Waals surface area contributed by atoms with Crippen molar-refractivity contribution in [2.45, 2.75) is 31.8 Å². The number of benzene rings is 2. The largest absolute Gasteiger partial charge is 0.493 e. The van der Waals surface area contributed by atoms with Crippen LogP contribution in [0.4, 0.5) is 0 Å². The van der Waals surface area contributed by atoms with Crippen LogP contribution in [-0.2, 0) is 0 Å². The highest BCUT2D eigenvalue weighted by molar-refractivity contribution is 6.30. The van der Waals surface area contributed by atoms with Gasteiger partial charge in [0.2, 0.25) is 0 Å². The van der Waals surface area contributed by atoms with Gasteiger partial charge in [0.1, 0.15) is 0 Å². The van der Waals surface area contributed by atoms with Crippen LogP contribution in [0.3, 0.4) is 0 Å². The maximum Gasteiger partial charge on any atom is 0.162 e. The van der Waals surface area contributed by atoms with E-state index in [2.05, 4.69) is 6.07 Å². The first-order chi connectivity index (χ1) is 12.2. The number of nitriles is 1. The van der Waals surface area contributed by atoms with Gasteiger partial charge in [0.25, 0.3) is 0 Å². The van der Waals surface area contributed by atoms with Gasteiger partial charge in [-0.2, -0.15) is 5.26 Å². The number of ether oxygens (including phenoxy) is 2. The number of hydrogen-bond donors (Lipinski definition) is 0. The fourth-order valence-corrected chi connectivity index (χ4v) is 3.25. The molecule has 3 nitrogen and oxygen atoms in total. The third-order valence-electron chi connectivity index (χ3n) is 4.35. The van der Waals surface area contributed by atoms with Crippen molar-refractivity contribution in [1.82, 2.24) is 0 Å². The van der Waals surface area contributed by atoms with Gasteiger partial charge >= 0.3 is 0 Å². The van der Waals surface area contributed by atoms with E-state index in [1.807, 2.05) is 36.4 Å². The van der Waals surface area contributed by atoms with Crippen LogP contribution in [0.1, 0.15) is 36.8 Å². The molecule has 0 radical (unpaired) electrons. The minimum Gasteiger partial charge on any atom is -0.493 e. The van der Waals surface area contributed by atoms with Gasteiger partial charge in [-0.1, -0.05) is 29.8 Å². The molecule has 0 heterocycles. The molecule has 2 aromatic rings. The first-order valence-electron chi connectivity index (χ1n) is 8.42. The van der Waals surface area contributed by atoms with E-state index < -0.39 is 0 Å². The zero-order valence-electron chi connectivity index (χ0n) is 14.2. The predicted octanol–water partition coefficient (Wildman–Crippen LogP) is 5.73. The van der Waals surface area contributed by atoms with E-state index in [-0.39, 0.29) is 6.10 Å². The van der Waals surface area contributed by atoms with E-state index in [9.17, 15) is 5.26 Å². The SMILES string of the molecule is COc1ccc(/C=C(\C#N)c2cccc(Cl)c2)cc1OC1CCCC1. The summed E-state index contributed by atoms with van der Waals surface area (Å²) in [4.78, 5) is 0. The van der Waals surface area contributed by atoms with Crippen molar-refractivity contribution in [3.8, 4) is 17.6 Å². The van der Waals surface area contributed by atoms with Gasteiger partial charge in [0, 0.05) is 5.02 Å². The Bertz CT molecular complexity index is 817. The lowest BCUT2D eigenvalue weighted by molar-refractivity contribution is 0.201. The van der Waals surface area contributed by atoms with Crippen molar-refractivity contribution in [2.24, 2.45) is 0 Å². The Kier molecular flexibility index (Phi) is 5.63. The fourth-order valence-electron chi connectivity index (χ4n) is 3.06. The Morgan fingerprint density at radius 3 is 2.64 bits per heavy atom. The normalized spacial score (nSPS) is 15.0. The molecular weight excluding hydrogens is 334 g/mol. The minimum absolute atomic E-state index is 0.247. The van der Waals surface area contributed by atoms with Crippen LogP contribution < -0.4 is 9.47 Å². The van der Waals surface area contributed by atoms with Crippen molar-refractivity contribution in [1.29, 1.82) is 5.26 Å². The van der Waals surface area contributed by atoms with Gasteiger partial charge in [-0.15, -0.1) is 0 Å². The Hall–Kier alpha value is -2.44. The lowest BCUT2D eigenvalue weighted by Gasteiger charge is -2.16. The van der Waals surface area contributed by atoms with Crippen molar-refractivity contribution >= 4 is 23.3 Å². The molecule has 0 amide bonds. The maximum absolute atomic E-state index is 9.51. The van der Waals surface area contributed by atoms with E-state index >= 15 is 0 Å². The van der Waals surface area contributed by atoms with E-state index in [0.717, 1.165) is 29.7 Å². The number of allylic oxidation sites excluding steroid dienone is 1. The van der Waals surface area contributed by atoms with Gasteiger partial charge in [0.05, 0.1) is 24.9 Å². The standard InChI is InChI=1S/C21H20ClNO2/c1-24-20-10-9-15(12-21(20)25-19-7-2-3-8-19)11-17(14-23)16-5-4-6-18(22)13-16/h4-6,9-13,19H,2-3,7-8H2,1H3/b17-11+. The number of halogens is 1. The molecule has 0 unspecified atom stereocenters. The van der Waals surface area contributed by atoms with Crippen molar-refractivity contribution in [2.75, 3.05) is 7.11 Å². The van der Waals surface area contributed by atoms with Crippen LogP contribution in [0.2, 0.25) is 5.02 Å². The quantitative estimate of drug-likeness (QED) is 0.509. The van der Waals surface area contributed by atoms with Gasteiger partial charge < -0.3 is 9.47 Å². The fraction of sp³-hybridized carbons (Fsp3) is 0.286. The Morgan fingerprint density at radius 2 is 1.96 bits per heavy atom. The molecular formula is C21H20ClNO2. The average Bonchev–Trinajstić information content (AvgIpc) is 3.13. The summed E-state index contributed by atoms with van der Waals surface area (Å²) in [6, 6.07) is 15.3. The van der Waals surface area contributed by atoms with Crippen molar-refractivity contribution in [3.63, 3.8) is 0 Å². The summed E-state index contributed by atoms with van der Waals surface area (Å²) >= 11 is 6.04. The van der Waals surface area contributed by atoms with Crippen LogP contribution in [0.15, 0.2) is 42.5 Å². The summed E-state index contributed by atoms with van der Waals surface area (Å²) in [7, 11) is 1.64. The highest BCUT2D eigenvalue weighted by Gasteiger charge is 2.18. The lowest BCUT2D eigenvalue weighted by Crippen LogP contribution is -2.11.